The maximum absolute atomic E-state index is 13.1. The standard InChI is InChI=1S/C20H25FN2O3/c21-17-5-3-15(4-6-17)11-19(25)22-9-7-18(24)23(12-16-1-2-16)20(13-22)8-10-26-14-20/h3-6,16H,1-2,7-14H2. The minimum atomic E-state index is -0.380. The average Bonchev–Trinajstić information content (AvgIpc) is 3.36. The monoisotopic (exact) mass is 360 g/mol. The first kappa shape index (κ1) is 17.5. The Balaban J connectivity index is 1.51. The van der Waals surface area contributed by atoms with Gasteiger partial charge in [-0.2, -0.15) is 0 Å². The van der Waals surface area contributed by atoms with Gasteiger partial charge in [-0.05, 0) is 42.9 Å². The van der Waals surface area contributed by atoms with E-state index in [1.165, 1.54) is 25.0 Å². The van der Waals surface area contributed by atoms with Crippen LogP contribution in [0.3, 0.4) is 0 Å². The number of hydrogen-bond donors (Lipinski definition) is 0. The topological polar surface area (TPSA) is 49.9 Å². The van der Waals surface area contributed by atoms with E-state index in [4.69, 9.17) is 4.74 Å². The van der Waals surface area contributed by atoms with Gasteiger partial charge in [-0.3, -0.25) is 9.59 Å². The molecule has 0 N–H and O–H groups in total. The van der Waals surface area contributed by atoms with E-state index in [1.54, 1.807) is 12.1 Å². The predicted molar refractivity (Wildman–Crippen MR) is 93.9 cm³/mol. The lowest BCUT2D eigenvalue weighted by Crippen LogP contribution is -2.57. The van der Waals surface area contributed by atoms with E-state index < -0.39 is 0 Å². The molecule has 0 radical (unpaired) electrons. The Kier molecular flexibility index (Phi) is 4.69. The number of halogens is 1. The fraction of sp³-hybridized carbons (Fsp3) is 0.600. The molecule has 1 unspecified atom stereocenters. The van der Waals surface area contributed by atoms with Crippen molar-refractivity contribution in [1.29, 1.82) is 0 Å². The summed E-state index contributed by atoms with van der Waals surface area (Å²) in [4.78, 5) is 29.5. The molecular formula is C20H25FN2O3. The van der Waals surface area contributed by atoms with Crippen molar-refractivity contribution in [3.8, 4) is 0 Å². The molecule has 2 amide bonds. The molecule has 26 heavy (non-hydrogen) atoms. The highest BCUT2D eigenvalue weighted by Gasteiger charge is 2.48. The SMILES string of the molecule is O=C(Cc1ccc(F)cc1)N1CCC(=O)N(CC2CC2)C2(CCOC2)C1. The molecule has 1 atom stereocenters. The number of benzene rings is 1. The van der Waals surface area contributed by atoms with Crippen molar-refractivity contribution in [1.82, 2.24) is 9.80 Å². The quantitative estimate of drug-likeness (QED) is 0.825. The Morgan fingerprint density at radius 1 is 1.27 bits per heavy atom. The molecule has 1 saturated carbocycles. The molecule has 3 aliphatic rings. The summed E-state index contributed by atoms with van der Waals surface area (Å²) >= 11 is 0. The van der Waals surface area contributed by atoms with Crippen LogP contribution in [-0.4, -0.2) is 60.0 Å². The number of hydrogen-bond acceptors (Lipinski definition) is 3. The van der Waals surface area contributed by atoms with Crippen molar-refractivity contribution in [3.63, 3.8) is 0 Å². The van der Waals surface area contributed by atoms with Gasteiger partial charge >= 0.3 is 0 Å². The number of carbonyl (C=O) groups is 2. The Labute approximate surface area is 153 Å². The van der Waals surface area contributed by atoms with Crippen molar-refractivity contribution < 1.29 is 18.7 Å². The number of amides is 2. The van der Waals surface area contributed by atoms with Crippen LogP contribution in [0.15, 0.2) is 24.3 Å². The first-order valence-electron chi connectivity index (χ1n) is 9.46. The lowest BCUT2D eigenvalue weighted by Gasteiger charge is -2.40. The van der Waals surface area contributed by atoms with Crippen molar-refractivity contribution in [2.45, 2.75) is 37.6 Å². The van der Waals surface area contributed by atoms with E-state index >= 15 is 0 Å². The third-order valence-electron chi connectivity index (χ3n) is 5.80. The van der Waals surface area contributed by atoms with Crippen LogP contribution >= 0.6 is 0 Å². The number of ether oxygens (including phenoxy) is 1. The van der Waals surface area contributed by atoms with Gasteiger partial charge < -0.3 is 14.5 Å². The molecule has 1 aliphatic carbocycles. The van der Waals surface area contributed by atoms with E-state index in [-0.39, 0.29) is 29.6 Å². The Hall–Kier alpha value is -1.95. The van der Waals surface area contributed by atoms with Crippen LogP contribution in [0.4, 0.5) is 4.39 Å². The summed E-state index contributed by atoms with van der Waals surface area (Å²) in [5.41, 5.74) is 0.410. The first-order valence-corrected chi connectivity index (χ1v) is 9.46. The zero-order valence-corrected chi connectivity index (χ0v) is 15.0. The molecule has 0 bridgehead atoms. The van der Waals surface area contributed by atoms with Gasteiger partial charge in [0.05, 0.1) is 18.6 Å². The molecule has 1 aromatic rings. The maximum atomic E-state index is 13.1. The molecule has 6 heteroatoms. The summed E-state index contributed by atoms with van der Waals surface area (Å²) in [7, 11) is 0. The average molecular weight is 360 g/mol. The summed E-state index contributed by atoms with van der Waals surface area (Å²) in [5.74, 6) is 0.431. The van der Waals surface area contributed by atoms with Crippen molar-refractivity contribution in [2.75, 3.05) is 32.8 Å². The molecule has 5 nitrogen and oxygen atoms in total. The van der Waals surface area contributed by atoms with Gasteiger partial charge in [0, 0.05) is 32.7 Å². The molecule has 1 spiro atoms. The highest BCUT2D eigenvalue weighted by Crippen LogP contribution is 2.36. The second-order valence-electron chi connectivity index (χ2n) is 7.84. The third-order valence-corrected chi connectivity index (χ3v) is 5.80. The smallest absolute Gasteiger partial charge is 0.227 e. The molecule has 1 aromatic carbocycles. The number of nitrogens with zero attached hydrogens (tertiary/aromatic N) is 2. The maximum Gasteiger partial charge on any atom is 0.227 e. The van der Waals surface area contributed by atoms with E-state index in [0.717, 1.165) is 18.5 Å². The van der Waals surface area contributed by atoms with Gasteiger partial charge in [0.1, 0.15) is 5.82 Å². The number of carbonyl (C=O) groups excluding carboxylic acids is 2. The van der Waals surface area contributed by atoms with Gasteiger partial charge in [-0.25, -0.2) is 4.39 Å². The zero-order valence-electron chi connectivity index (χ0n) is 15.0. The second-order valence-corrected chi connectivity index (χ2v) is 7.84. The molecule has 4 rings (SSSR count). The second kappa shape index (κ2) is 6.99. The van der Waals surface area contributed by atoms with Gasteiger partial charge in [-0.1, -0.05) is 12.1 Å². The van der Waals surface area contributed by atoms with Crippen molar-refractivity contribution in [3.05, 3.63) is 35.6 Å². The van der Waals surface area contributed by atoms with Crippen LogP contribution in [0, 0.1) is 11.7 Å². The molecule has 0 aromatic heterocycles. The molecule has 2 saturated heterocycles. The largest absolute Gasteiger partial charge is 0.379 e. The fourth-order valence-corrected chi connectivity index (χ4v) is 4.04. The van der Waals surface area contributed by atoms with Gasteiger partial charge in [0.2, 0.25) is 11.8 Å². The highest BCUT2D eigenvalue weighted by atomic mass is 19.1. The summed E-state index contributed by atoms with van der Waals surface area (Å²) in [5, 5.41) is 0. The van der Waals surface area contributed by atoms with Crippen LogP contribution in [0.25, 0.3) is 0 Å². The van der Waals surface area contributed by atoms with Crippen LogP contribution in [0.2, 0.25) is 0 Å². The third kappa shape index (κ3) is 3.61. The molecule has 3 fully saturated rings. The van der Waals surface area contributed by atoms with Crippen LogP contribution in [-0.2, 0) is 20.7 Å². The van der Waals surface area contributed by atoms with E-state index in [0.29, 0.717) is 38.6 Å². The molecule has 2 heterocycles. The van der Waals surface area contributed by atoms with Crippen molar-refractivity contribution >= 4 is 11.8 Å². The lowest BCUT2D eigenvalue weighted by atomic mass is 9.94. The molecule has 140 valence electrons. The molecule has 2 aliphatic heterocycles. The zero-order chi connectivity index (χ0) is 18.1. The van der Waals surface area contributed by atoms with Gasteiger partial charge in [-0.15, -0.1) is 0 Å². The van der Waals surface area contributed by atoms with Gasteiger partial charge in [0.25, 0.3) is 0 Å². The summed E-state index contributed by atoms with van der Waals surface area (Å²) in [6, 6.07) is 6.03. The van der Waals surface area contributed by atoms with Crippen molar-refractivity contribution in [2.24, 2.45) is 5.92 Å². The summed E-state index contributed by atoms with van der Waals surface area (Å²) < 4.78 is 18.7. The number of rotatable bonds is 4. The van der Waals surface area contributed by atoms with E-state index in [1.807, 2.05) is 9.80 Å². The summed E-state index contributed by atoms with van der Waals surface area (Å²) in [6.07, 6.45) is 3.76. The van der Waals surface area contributed by atoms with Crippen LogP contribution in [0.1, 0.15) is 31.2 Å². The fourth-order valence-electron chi connectivity index (χ4n) is 4.04. The Bertz CT molecular complexity index is 681. The van der Waals surface area contributed by atoms with Crippen LogP contribution in [0.5, 0.6) is 0 Å². The minimum absolute atomic E-state index is 0.0102. The Morgan fingerprint density at radius 2 is 2.04 bits per heavy atom. The van der Waals surface area contributed by atoms with E-state index in [2.05, 4.69) is 0 Å². The lowest BCUT2D eigenvalue weighted by molar-refractivity contribution is -0.138. The minimum Gasteiger partial charge on any atom is -0.379 e. The highest BCUT2D eigenvalue weighted by molar-refractivity contribution is 5.82. The van der Waals surface area contributed by atoms with E-state index in [9.17, 15) is 14.0 Å². The molecular weight excluding hydrogens is 335 g/mol. The normalized spacial score (nSPS) is 26.4. The predicted octanol–water partition coefficient (Wildman–Crippen LogP) is 2.00. The Morgan fingerprint density at radius 3 is 2.69 bits per heavy atom. The summed E-state index contributed by atoms with van der Waals surface area (Å²) in [6.45, 7) is 2.91. The van der Waals surface area contributed by atoms with Gasteiger partial charge in [0.15, 0.2) is 0 Å². The van der Waals surface area contributed by atoms with Crippen LogP contribution < -0.4 is 0 Å². The first-order chi connectivity index (χ1) is 12.6.